The fraction of sp³-hybridized carbons (Fsp3) is 0.667. The highest BCUT2D eigenvalue weighted by molar-refractivity contribution is 6.30. The van der Waals surface area contributed by atoms with Crippen LogP contribution in [0.3, 0.4) is 0 Å². The van der Waals surface area contributed by atoms with Crippen molar-refractivity contribution in [2.75, 3.05) is 6.54 Å². The molecule has 1 rings (SSSR count). The number of halogens is 1. The van der Waals surface area contributed by atoms with Gasteiger partial charge >= 0.3 is 5.69 Å². The minimum atomic E-state index is -0.543. The number of H-pyrrole nitrogens is 1. The quantitative estimate of drug-likeness (QED) is 0.867. The van der Waals surface area contributed by atoms with Crippen molar-refractivity contribution >= 4 is 11.6 Å². The smallest absolute Gasteiger partial charge is 0.312 e. The number of nitrogens with one attached hydrogen (secondary N) is 2. The lowest BCUT2D eigenvalue weighted by Gasteiger charge is -2.23. The summed E-state index contributed by atoms with van der Waals surface area (Å²) in [6, 6.07) is 0. The second-order valence-electron chi connectivity index (χ2n) is 5.62. The first-order valence-electron chi connectivity index (χ1n) is 5.93. The van der Waals surface area contributed by atoms with Gasteiger partial charge in [-0.3, -0.25) is 14.3 Å². The Balaban J connectivity index is 2.71. The minimum absolute atomic E-state index is 0.0329. The maximum atomic E-state index is 11.6. The standard InChI is InChI=1S/C12H20ClN3O2/c1-8(5-14-12(2,3)4)6-16-7-9(13)10(17)15-11(16)18/h7-8,14H,5-6H2,1-4H3,(H,15,17,18). The van der Waals surface area contributed by atoms with Crippen molar-refractivity contribution in [3.8, 4) is 0 Å². The Morgan fingerprint density at radius 1 is 1.44 bits per heavy atom. The van der Waals surface area contributed by atoms with Crippen molar-refractivity contribution in [2.24, 2.45) is 5.92 Å². The normalized spacial score (nSPS) is 13.6. The van der Waals surface area contributed by atoms with Crippen molar-refractivity contribution < 1.29 is 0 Å². The van der Waals surface area contributed by atoms with E-state index in [9.17, 15) is 9.59 Å². The molecule has 0 aliphatic rings. The summed E-state index contributed by atoms with van der Waals surface area (Å²) >= 11 is 5.70. The summed E-state index contributed by atoms with van der Waals surface area (Å²) in [7, 11) is 0. The Labute approximate surface area is 111 Å². The van der Waals surface area contributed by atoms with Crippen molar-refractivity contribution in [1.29, 1.82) is 0 Å². The van der Waals surface area contributed by atoms with Crippen LogP contribution in [0.1, 0.15) is 27.7 Å². The average Bonchev–Trinajstić information content (AvgIpc) is 2.22. The summed E-state index contributed by atoms with van der Waals surface area (Å²) < 4.78 is 1.43. The summed E-state index contributed by atoms with van der Waals surface area (Å²) in [4.78, 5) is 24.9. The maximum Gasteiger partial charge on any atom is 0.328 e. The van der Waals surface area contributed by atoms with Gasteiger partial charge in [-0.1, -0.05) is 18.5 Å². The third-order valence-electron chi connectivity index (χ3n) is 2.46. The van der Waals surface area contributed by atoms with Gasteiger partial charge in [0.2, 0.25) is 0 Å². The molecule has 1 heterocycles. The van der Waals surface area contributed by atoms with E-state index in [1.165, 1.54) is 10.8 Å². The molecule has 0 spiro atoms. The van der Waals surface area contributed by atoms with Crippen LogP contribution in [-0.2, 0) is 6.54 Å². The van der Waals surface area contributed by atoms with E-state index in [4.69, 9.17) is 11.6 Å². The van der Waals surface area contributed by atoms with Gasteiger partial charge in [0, 0.05) is 18.3 Å². The van der Waals surface area contributed by atoms with E-state index < -0.39 is 11.2 Å². The van der Waals surface area contributed by atoms with Crippen LogP contribution < -0.4 is 16.6 Å². The molecule has 0 saturated heterocycles. The van der Waals surface area contributed by atoms with Crippen LogP contribution >= 0.6 is 11.6 Å². The fourth-order valence-electron chi connectivity index (χ4n) is 1.50. The van der Waals surface area contributed by atoms with Gasteiger partial charge in [-0.2, -0.15) is 0 Å². The lowest BCUT2D eigenvalue weighted by atomic mass is 10.1. The zero-order valence-corrected chi connectivity index (χ0v) is 12.0. The third kappa shape index (κ3) is 4.66. The topological polar surface area (TPSA) is 66.9 Å². The van der Waals surface area contributed by atoms with Gasteiger partial charge in [0.05, 0.1) is 0 Å². The summed E-state index contributed by atoms with van der Waals surface area (Å²) in [5, 5.41) is 3.40. The van der Waals surface area contributed by atoms with Crippen molar-refractivity contribution in [2.45, 2.75) is 39.8 Å². The Hall–Kier alpha value is -1.07. The number of rotatable bonds is 4. The van der Waals surface area contributed by atoms with Gasteiger partial charge in [-0.05, 0) is 33.2 Å². The Kier molecular flexibility index (Phi) is 4.76. The van der Waals surface area contributed by atoms with E-state index in [0.717, 1.165) is 6.54 Å². The summed E-state index contributed by atoms with van der Waals surface area (Å²) in [5.41, 5.74) is -0.924. The number of hydrogen-bond acceptors (Lipinski definition) is 3. The number of hydrogen-bond donors (Lipinski definition) is 2. The van der Waals surface area contributed by atoms with Gasteiger partial charge in [0.25, 0.3) is 5.56 Å². The molecular formula is C12H20ClN3O2. The van der Waals surface area contributed by atoms with E-state index in [1.54, 1.807) is 0 Å². The fourth-order valence-corrected chi connectivity index (χ4v) is 1.66. The van der Waals surface area contributed by atoms with Crippen LogP contribution in [-0.4, -0.2) is 21.6 Å². The summed E-state index contributed by atoms with van der Waals surface area (Å²) in [6.45, 7) is 9.59. The molecule has 5 nitrogen and oxygen atoms in total. The van der Waals surface area contributed by atoms with Crippen LogP contribution in [0, 0.1) is 5.92 Å². The van der Waals surface area contributed by atoms with Gasteiger partial charge in [-0.15, -0.1) is 0 Å². The van der Waals surface area contributed by atoms with Crippen molar-refractivity contribution in [1.82, 2.24) is 14.9 Å². The monoisotopic (exact) mass is 273 g/mol. The molecule has 0 amide bonds. The number of aromatic amines is 1. The van der Waals surface area contributed by atoms with Gasteiger partial charge in [-0.25, -0.2) is 4.79 Å². The van der Waals surface area contributed by atoms with Crippen LogP contribution in [0.25, 0.3) is 0 Å². The van der Waals surface area contributed by atoms with E-state index in [-0.39, 0.29) is 16.5 Å². The van der Waals surface area contributed by atoms with Crippen molar-refractivity contribution in [3.63, 3.8) is 0 Å². The van der Waals surface area contributed by atoms with E-state index in [1.807, 2.05) is 6.92 Å². The lowest BCUT2D eigenvalue weighted by Crippen LogP contribution is -2.40. The second kappa shape index (κ2) is 5.71. The highest BCUT2D eigenvalue weighted by atomic mass is 35.5. The zero-order chi connectivity index (χ0) is 13.9. The van der Waals surface area contributed by atoms with E-state index in [0.29, 0.717) is 6.54 Å². The van der Waals surface area contributed by atoms with E-state index >= 15 is 0 Å². The average molecular weight is 274 g/mol. The summed E-state index contributed by atoms with van der Waals surface area (Å²) in [6.07, 6.45) is 1.39. The molecule has 0 saturated carbocycles. The Morgan fingerprint density at radius 2 is 2.06 bits per heavy atom. The van der Waals surface area contributed by atoms with Crippen molar-refractivity contribution in [3.05, 3.63) is 32.1 Å². The molecule has 1 atom stereocenters. The molecule has 2 N–H and O–H groups in total. The molecule has 6 heteroatoms. The largest absolute Gasteiger partial charge is 0.328 e. The Bertz CT molecular complexity index is 513. The van der Waals surface area contributed by atoms with Gasteiger partial charge < -0.3 is 5.32 Å². The molecule has 1 unspecified atom stereocenters. The Morgan fingerprint density at radius 3 is 2.61 bits per heavy atom. The SMILES string of the molecule is CC(CNC(C)(C)C)Cn1cc(Cl)c(=O)[nH]c1=O. The van der Waals surface area contributed by atoms with Crippen LogP contribution in [0.4, 0.5) is 0 Å². The first kappa shape index (κ1) is 15.0. The third-order valence-corrected chi connectivity index (χ3v) is 2.73. The van der Waals surface area contributed by atoms with Gasteiger partial charge in [0.1, 0.15) is 5.02 Å². The molecular weight excluding hydrogens is 254 g/mol. The molecule has 18 heavy (non-hydrogen) atoms. The zero-order valence-electron chi connectivity index (χ0n) is 11.2. The first-order chi connectivity index (χ1) is 8.19. The van der Waals surface area contributed by atoms with Crippen LogP contribution in [0.5, 0.6) is 0 Å². The second-order valence-corrected chi connectivity index (χ2v) is 6.03. The highest BCUT2D eigenvalue weighted by Crippen LogP contribution is 2.04. The predicted octanol–water partition coefficient (Wildman–Crippen LogP) is 1.21. The molecule has 0 radical (unpaired) electrons. The molecule has 0 aliphatic carbocycles. The first-order valence-corrected chi connectivity index (χ1v) is 6.31. The number of aromatic nitrogens is 2. The van der Waals surface area contributed by atoms with Crippen LogP contribution in [0.2, 0.25) is 5.02 Å². The van der Waals surface area contributed by atoms with Gasteiger partial charge in [0.15, 0.2) is 0 Å². The summed E-state index contributed by atoms with van der Waals surface area (Å²) in [5.74, 6) is 0.254. The highest BCUT2D eigenvalue weighted by Gasteiger charge is 2.12. The molecule has 0 fully saturated rings. The molecule has 0 bridgehead atoms. The minimum Gasteiger partial charge on any atom is -0.312 e. The molecule has 102 valence electrons. The predicted molar refractivity (Wildman–Crippen MR) is 73.3 cm³/mol. The molecule has 0 aromatic carbocycles. The van der Waals surface area contributed by atoms with E-state index in [2.05, 4.69) is 31.1 Å². The number of nitrogens with zero attached hydrogens (tertiary/aromatic N) is 1. The molecule has 0 aliphatic heterocycles. The van der Waals surface area contributed by atoms with Crippen LogP contribution in [0.15, 0.2) is 15.8 Å². The molecule has 1 aromatic rings. The molecule has 1 aromatic heterocycles. The lowest BCUT2D eigenvalue weighted by molar-refractivity contribution is 0.356. The maximum absolute atomic E-state index is 11.6.